The van der Waals surface area contributed by atoms with Crippen LogP contribution in [0.5, 0.6) is 17.2 Å². The van der Waals surface area contributed by atoms with Crippen molar-refractivity contribution in [2.24, 2.45) is 0 Å². The molecule has 0 aliphatic rings. The summed E-state index contributed by atoms with van der Waals surface area (Å²) in [6.45, 7) is 43.8. The molecule has 0 radical (unpaired) electrons. The Morgan fingerprint density at radius 2 is 0.579 bits per heavy atom. The van der Waals surface area contributed by atoms with E-state index in [0.29, 0.717) is 17.2 Å². The molecule has 0 amide bonds. The summed E-state index contributed by atoms with van der Waals surface area (Å²) in [5.41, 5.74) is 12.6. The van der Waals surface area contributed by atoms with Crippen LogP contribution in [0.1, 0.15) is 175 Å². The third-order valence-corrected chi connectivity index (χ3v) is 18.3. The van der Waals surface area contributed by atoms with Crippen LogP contribution in [0.3, 0.4) is 0 Å². The first-order chi connectivity index (χ1) is 34.8. The molecule has 3 unspecified atom stereocenters. The molecular formula is C66H87O6PS3. The van der Waals surface area contributed by atoms with Crippen LogP contribution in [0.4, 0.5) is 0 Å². The summed E-state index contributed by atoms with van der Waals surface area (Å²) in [6, 6.07) is 31.8. The number of aliphatic hydroxyl groups excluding tert-OH is 3. The topological polar surface area (TPSA) is 88.4 Å². The summed E-state index contributed by atoms with van der Waals surface area (Å²) < 4.78 is 21.9. The van der Waals surface area contributed by atoms with Crippen molar-refractivity contribution in [1.29, 1.82) is 0 Å². The Morgan fingerprint density at radius 3 is 0.763 bits per heavy atom. The maximum absolute atomic E-state index is 10.7. The number of rotatable bonds is 15. The fourth-order valence-corrected chi connectivity index (χ4v) is 11.4. The summed E-state index contributed by atoms with van der Waals surface area (Å²) in [4.78, 5) is 2.48. The third-order valence-electron chi connectivity index (χ3n) is 16.2. The van der Waals surface area contributed by atoms with Gasteiger partial charge in [-0.2, -0.15) is 0 Å². The zero-order valence-electron chi connectivity index (χ0n) is 49.2. The Kier molecular flexibility index (Phi) is 18.0. The summed E-state index contributed by atoms with van der Waals surface area (Å²) in [6.07, 6.45) is -1.63. The molecule has 0 aliphatic heterocycles. The van der Waals surface area contributed by atoms with Crippen molar-refractivity contribution < 1.29 is 28.9 Å². The van der Waals surface area contributed by atoms with Crippen LogP contribution in [-0.2, 0) is 32.5 Å². The molecule has 6 aromatic rings. The molecule has 0 aliphatic carbocycles. The fraction of sp³-hybridized carbons (Fsp3) is 0.455. The molecule has 410 valence electrons. The number of hydrogen-bond donors (Lipinski definition) is 6. The van der Waals surface area contributed by atoms with Crippen molar-refractivity contribution in [2.75, 3.05) is 0 Å². The molecule has 6 nitrogen and oxygen atoms in total. The van der Waals surface area contributed by atoms with Crippen LogP contribution in [-0.4, -0.2) is 33.6 Å². The standard InChI is InChI=1S/C66H87O6PS3/c1-37-28-55(52(61(7,8)9)34-49(37)46-25-22-43(31-58(46)74)64(16,17)40(4)67)70-73(71-56-29-38(2)50(35-53(56)62(10,11)12)47-26-23-44(32-59(47)75)65(18,19)41(5)68)72-57-30-39(3)51(36-54(57)63(13,14)15)48-27-24-45(33-60(48)76)66(20,21)42(6)69/h22-36,40-42,67-69,74-76H,1-21H3. The van der Waals surface area contributed by atoms with Gasteiger partial charge in [-0.1, -0.05) is 140 Å². The van der Waals surface area contributed by atoms with Crippen molar-refractivity contribution in [2.45, 2.75) is 211 Å². The highest BCUT2D eigenvalue weighted by Crippen LogP contribution is 2.52. The van der Waals surface area contributed by atoms with Crippen LogP contribution >= 0.6 is 46.5 Å². The molecule has 76 heavy (non-hydrogen) atoms. The molecule has 0 spiro atoms. The molecule has 3 N–H and O–H groups in total. The lowest BCUT2D eigenvalue weighted by molar-refractivity contribution is 0.117. The van der Waals surface area contributed by atoms with Crippen molar-refractivity contribution in [1.82, 2.24) is 0 Å². The Balaban J connectivity index is 1.55. The van der Waals surface area contributed by atoms with E-state index in [9.17, 15) is 15.3 Å². The van der Waals surface area contributed by atoms with Gasteiger partial charge < -0.3 is 28.9 Å². The molecule has 0 heterocycles. The average molecular weight is 1100 g/mol. The van der Waals surface area contributed by atoms with Gasteiger partial charge in [-0.25, -0.2) is 0 Å². The van der Waals surface area contributed by atoms with E-state index in [1.165, 1.54) is 0 Å². The van der Waals surface area contributed by atoms with Crippen LogP contribution in [0.25, 0.3) is 33.4 Å². The van der Waals surface area contributed by atoms with Crippen LogP contribution < -0.4 is 13.6 Å². The molecule has 6 rings (SSSR count). The normalized spacial score (nSPS) is 14.6. The number of benzene rings is 6. The Labute approximate surface area is 475 Å². The minimum atomic E-state index is -2.21. The second-order valence-electron chi connectivity index (χ2n) is 26.1. The van der Waals surface area contributed by atoms with Crippen LogP contribution in [0, 0.1) is 20.8 Å². The number of hydrogen-bond acceptors (Lipinski definition) is 9. The second kappa shape index (κ2) is 22.3. The Morgan fingerprint density at radius 1 is 0.355 bits per heavy atom. The lowest BCUT2D eigenvalue weighted by Gasteiger charge is -2.31. The van der Waals surface area contributed by atoms with E-state index < -0.39 is 43.2 Å². The lowest BCUT2D eigenvalue weighted by Crippen LogP contribution is -2.30. The molecule has 0 bridgehead atoms. The van der Waals surface area contributed by atoms with E-state index in [1.807, 2.05) is 62.3 Å². The van der Waals surface area contributed by atoms with Crippen LogP contribution in [0.15, 0.2) is 106 Å². The van der Waals surface area contributed by atoms with Crippen molar-refractivity contribution in [3.8, 4) is 50.6 Å². The highest BCUT2D eigenvalue weighted by Gasteiger charge is 2.35. The first-order valence-corrected chi connectivity index (χ1v) is 29.1. The molecule has 0 aromatic heterocycles. The minimum absolute atomic E-state index is 0.373. The predicted molar refractivity (Wildman–Crippen MR) is 331 cm³/mol. The summed E-state index contributed by atoms with van der Waals surface area (Å²) in [7, 11) is -2.21. The van der Waals surface area contributed by atoms with E-state index in [2.05, 4.69) is 174 Å². The summed E-state index contributed by atoms with van der Waals surface area (Å²) in [5.74, 6) is 1.97. The SMILES string of the molecule is Cc1cc(OP(Oc2cc(C)c(-c3ccc(C(C)(C)C(C)O)cc3S)cc2C(C)(C)C)Oc2cc(C)c(-c3ccc(C(C)(C)C(C)O)cc3S)cc2C(C)(C)C)c(C(C)(C)C)cc1-c1ccc(C(C)(C)C(C)O)cc1S. The number of aryl methyl sites for hydroxylation is 3. The third kappa shape index (κ3) is 12.9. The maximum atomic E-state index is 10.7. The maximum Gasteiger partial charge on any atom is 0.530 e. The molecule has 3 atom stereocenters. The summed E-state index contributed by atoms with van der Waals surface area (Å²) in [5, 5.41) is 32.0. The highest BCUT2D eigenvalue weighted by molar-refractivity contribution is 7.80. The van der Waals surface area contributed by atoms with Gasteiger partial charge in [0.15, 0.2) is 0 Å². The van der Waals surface area contributed by atoms with E-state index in [-0.39, 0.29) is 16.2 Å². The molecular weight excluding hydrogens is 1020 g/mol. The van der Waals surface area contributed by atoms with Gasteiger partial charge >= 0.3 is 8.60 Å². The quantitative estimate of drug-likeness (QED) is 0.0454. The first-order valence-electron chi connectivity index (χ1n) is 26.6. The molecule has 10 heteroatoms. The van der Waals surface area contributed by atoms with Crippen molar-refractivity contribution >= 4 is 46.5 Å². The Hall–Kier alpha value is -3.92. The highest BCUT2D eigenvalue weighted by atomic mass is 32.1. The van der Waals surface area contributed by atoms with Gasteiger partial charge in [0.1, 0.15) is 17.2 Å². The van der Waals surface area contributed by atoms with Gasteiger partial charge in [0, 0.05) is 47.6 Å². The van der Waals surface area contributed by atoms with E-state index in [4.69, 9.17) is 51.5 Å². The predicted octanol–water partition coefficient (Wildman–Crippen LogP) is 18.1. The van der Waals surface area contributed by atoms with Gasteiger partial charge in [-0.3, -0.25) is 0 Å². The molecule has 0 saturated heterocycles. The molecule has 0 fully saturated rings. The number of aliphatic hydroxyl groups is 3. The van der Waals surface area contributed by atoms with Gasteiger partial charge in [0.05, 0.1) is 18.3 Å². The van der Waals surface area contributed by atoms with Crippen molar-refractivity contribution in [3.63, 3.8) is 0 Å². The zero-order chi connectivity index (χ0) is 57.2. The first kappa shape index (κ1) is 61.3. The monoisotopic (exact) mass is 1100 g/mol. The zero-order valence-corrected chi connectivity index (χ0v) is 52.8. The molecule has 6 aromatic carbocycles. The number of thiol groups is 3. The minimum Gasteiger partial charge on any atom is -0.408 e. The van der Waals surface area contributed by atoms with E-state index in [1.54, 1.807) is 0 Å². The van der Waals surface area contributed by atoms with Gasteiger partial charge in [0.2, 0.25) is 0 Å². The molecule has 0 saturated carbocycles. The van der Waals surface area contributed by atoms with Crippen LogP contribution in [0.2, 0.25) is 0 Å². The smallest absolute Gasteiger partial charge is 0.408 e. The summed E-state index contributed by atoms with van der Waals surface area (Å²) >= 11 is 15.1. The largest absolute Gasteiger partial charge is 0.530 e. The fourth-order valence-electron chi connectivity index (χ4n) is 9.40. The van der Waals surface area contributed by atoms with Crippen molar-refractivity contribution in [3.05, 3.63) is 141 Å². The second-order valence-corrected chi connectivity index (χ2v) is 28.6. The Bertz CT molecular complexity index is 2780. The van der Waals surface area contributed by atoms with Gasteiger partial charge in [0.25, 0.3) is 0 Å². The average Bonchev–Trinajstić information content (AvgIpc) is 3.28. The van der Waals surface area contributed by atoms with E-state index >= 15 is 0 Å². The van der Waals surface area contributed by atoms with E-state index in [0.717, 1.165) is 98.1 Å². The van der Waals surface area contributed by atoms with Gasteiger partial charge in [-0.15, -0.1) is 37.9 Å². The lowest BCUT2D eigenvalue weighted by atomic mass is 9.79. The van der Waals surface area contributed by atoms with Gasteiger partial charge in [-0.05, 0) is 179 Å².